The second kappa shape index (κ2) is 8.92. The Kier molecular flexibility index (Phi) is 5.98. The van der Waals surface area contributed by atoms with Crippen LogP contribution in [0.25, 0.3) is 22.5 Å². The molecule has 0 aliphatic carbocycles. The zero-order valence-electron chi connectivity index (χ0n) is 17.5. The highest BCUT2D eigenvalue weighted by Crippen LogP contribution is 2.31. The third-order valence-corrected chi connectivity index (χ3v) is 6.91. The van der Waals surface area contributed by atoms with Gasteiger partial charge in [0.25, 0.3) is 0 Å². The number of benzene rings is 2. The highest BCUT2D eigenvalue weighted by atomic mass is 127. The Hall–Kier alpha value is -2.69. The average molecular weight is 566 g/mol. The van der Waals surface area contributed by atoms with Gasteiger partial charge in [0.2, 0.25) is 0 Å². The molecule has 170 valence electrons. The van der Waals surface area contributed by atoms with Gasteiger partial charge in [-0.05, 0) is 59.7 Å². The van der Waals surface area contributed by atoms with Crippen LogP contribution in [0, 0.1) is 27.0 Å². The van der Waals surface area contributed by atoms with E-state index in [1.54, 1.807) is 0 Å². The van der Waals surface area contributed by atoms with Crippen molar-refractivity contribution >= 4 is 22.6 Å². The van der Waals surface area contributed by atoms with Crippen LogP contribution in [0.5, 0.6) is 0 Å². The van der Waals surface area contributed by atoms with Gasteiger partial charge in [-0.25, -0.2) is 27.5 Å². The highest BCUT2D eigenvalue weighted by molar-refractivity contribution is 14.1. The van der Waals surface area contributed by atoms with Crippen LogP contribution in [0.2, 0.25) is 0 Å². The van der Waals surface area contributed by atoms with E-state index in [2.05, 4.69) is 37.1 Å². The molecule has 0 bridgehead atoms. The molecule has 9 heteroatoms. The molecule has 0 unspecified atom stereocenters. The van der Waals surface area contributed by atoms with Gasteiger partial charge in [0.05, 0.1) is 5.69 Å². The van der Waals surface area contributed by atoms with Crippen molar-refractivity contribution in [2.24, 2.45) is 0 Å². The van der Waals surface area contributed by atoms with Crippen molar-refractivity contribution in [3.05, 3.63) is 81.2 Å². The average Bonchev–Trinajstić information content (AvgIpc) is 3.52. The number of hydrogen-bond acceptors (Lipinski definition) is 2. The summed E-state index contributed by atoms with van der Waals surface area (Å²) in [5, 5.41) is 0. The van der Waals surface area contributed by atoms with Gasteiger partial charge in [-0.15, -0.1) is 0 Å². The predicted octanol–water partition coefficient (Wildman–Crippen LogP) is 6.15. The molecule has 2 aromatic carbocycles. The standard InChI is InChI=1S/C12H9F2IN2.C12H10F2N2/c13-7-3-4-8(9(14)6-7)11-12(15)17-5-1-2-10(17)16-11;13-8-3-4-9(10(14)6-8)11-7-16-5-1-2-12(16)15-11/h3-4,6H,1-2,5H2;3-4,6-7H,1-2,5H2. The van der Waals surface area contributed by atoms with Crippen LogP contribution >= 0.6 is 22.6 Å². The lowest BCUT2D eigenvalue weighted by atomic mass is 10.1. The number of nitrogens with zero attached hydrogens (tertiary/aromatic N) is 4. The molecule has 0 fully saturated rings. The summed E-state index contributed by atoms with van der Waals surface area (Å²) in [7, 11) is 0. The van der Waals surface area contributed by atoms with Crippen molar-refractivity contribution in [3.63, 3.8) is 0 Å². The molecular formula is C24H19F4IN4. The van der Waals surface area contributed by atoms with Crippen LogP contribution in [0.3, 0.4) is 0 Å². The Bertz CT molecular complexity index is 1320. The lowest BCUT2D eigenvalue weighted by Gasteiger charge is -2.02. The predicted molar refractivity (Wildman–Crippen MR) is 125 cm³/mol. The number of aryl methyl sites for hydroxylation is 3. The summed E-state index contributed by atoms with van der Waals surface area (Å²) in [6, 6.07) is 7.19. The van der Waals surface area contributed by atoms with Gasteiger partial charge in [0, 0.05) is 55.4 Å². The van der Waals surface area contributed by atoms with Crippen LogP contribution in [0.15, 0.2) is 42.6 Å². The van der Waals surface area contributed by atoms with Gasteiger partial charge < -0.3 is 9.13 Å². The molecule has 6 rings (SSSR count). The molecule has 4 aromatic rings. The van der Waals surface area contributed by atoms with Crippen molar-refractivity contribution in [2.45, 2.75) is 38.8 Å². The van der Waals surface area contributed by atoms with Crippen molar-refractivity contribution < 1.29 is 17.6 Å². The lowest BCUT2D eigenvalue weighted by molar-refractivity contribution is 0.584. The highest BCUT2D eigenvalue weighted by Gasteiger charge is 2.22. The largest absolute Gasteiger partial charge is 0.334 e. The molecule has 2 aromatic heterocycles. The monoisotopic (exact) mass is 566 g/mol. The number of imidazole rings is 2. The normalized spacial score (nSPS) is 14.1. The Morgan fingerprint density at radius 3 is 2.03 bits per heavy atom. The second-order valence-corrected chi connectivity index (χ2v) is 9.03. The molecule has 4 heterocycles. The molecule has 33 heavy (non-hydrogen) atoms. The van der Waals surface area contributed by atoms with Gasteiger partial charge in [-0.3, -0.25) is 0 Å². The van der Waals surface area contributed by atoms with Crippen LogP contribution in [0.4, 0.5) is 17.6 Å². The van der Waals surface area contributed by atoms with Gasteiger partial charge in [-0.1, -0.05) is 0 Å². The molecular weight excluding hydrogens is 547 g/mol. The number of rotatable bonds is 2. The van der Waals surface area contributed by atoms with Crippen molar-refractivity contribution in [1.82, 2.24) is 19.1 Å². The fraction of sp³-hybridized carbons (Fsp3) is 0.250. The number of fused-ring (bicyclic) bond motifs is 2. The Morgan fingerprint density at radius 1 is 0.758 bits per heavy atom. The van der Waals surface area contributed by atoms with E-state index in [0.29, 0.717) is 22.5 Å². The topological polar surface area (TPSA) is 35.6 Å². The number of hydrogen-bond donors (Lipinski definition) is 0. The zero-order valence-corrected chi connectivity index (χ0v) is 19.6. The van der Waals surface area contributed by atoms with E-state index in [-0.39, 0.29) is 0 Å². The number of halogens is 5. The molecule has 0 spiro atoms. The van der Waals surface area contributed by atoms with Crippen LogP contribution in [0.1, 0.15) is 24.5 Å². The van der Waals surface area contributed by atoms with E-state index in [9.17, 15) is 17.6 Å². The summed E-state index contributed by atoms with van der Waals surface area (Å²) < 4.78 is 57.9. The summed E-state index contributed by atoms with van der Waals surface area (Å²) in [6.45, 7) is 1.87. The molecule has 0 radical (unpaired) electrons. The Morgan fingerprint density at radius 2 is 1.39 bits per heavy atom. The maximum Gasteiger partial charge on any atom is 0.135 e. The smallest absolute Gasteiger partial charge is 0.135 e. The Labute approximate surface area is 201 Å². The van der Waals surface area contributed by atoms with Gasteiger partial charge in [0.15, 0.2) is 0 Å². The van der Waals surface area contributed by atoms with Crippen LogP contribution in [-0.2, 0) is 25.9 Å². The van der Waals surface area contributed by atoms with Crippen LogP contribution in [-0.4, -0.2) is 19.1 Å². The van der Waals surface area contributed by atoms with E-state index in [4.69, 9.17) is 0 Å². The third kappa shape index (κ3) is 4.30. The first kappa shape index (κ1) is 22.1. The summed E-state index contributed by atoms with van der Waals surface area (Å²) in [6.07, 6.45) is 5.87. The molecule has 0 saturated carbocycles. The van der Waals surface area contributed by atoms with E-state index in [1.807, 2.05) is 10.8 Å². The third-order valence-electron chi connectivity index (χ3n) is 5.82. The summed E-state index contributed by atoms with van der Waals surface area (Å²) in [4.78, 5) is 8.80. The maximum atomic E-state index is 13.7. The Balaban J connectivity index is 0.000000139. The summed E-state index contributed by atoms with van der Waals surface area (Å²) in [5.74, 6) is -0.260. The first-order valence-corrected chi connectivity index (χ1v) is 11.7. The van der Waals surface area contributed by atoms with E-state index >= 15 is 0 Å². The van der Waals surface area contributed by atoms with Gasteiger partial charge >= 0.3 is 0 Å². The molecule has 4 nitrogen and oxygen atoms in total. The van der Waals surface area contributed by atoms with E-state index in [1.165, 1.54) is 24.3 Å². The fourth-order valence-electron chi connectivity index (χ4n) is 4.22. The van der Waals surface area contributed by atoms with Gasteiger partial charge in [0.1, 0.15) is 44.3 Å². The van der Waals surface area contributed by atoms with E-state index in [0.717, 1.165) is 66.3 Å². The minimum absolute atomic E-state index is 0.364. The number of aromatic nitrogens is 4. The minimum atomic E-state index is -0.562. The van der Waals surface area contributed by atoms with Gasteiger partial charge in [-0.2, -0.15) is 0 Å². The van der Waals surface area contributed by atoms with E-state index < -0.39 is 23.3 Å². The first-order valence-electron chi connectivity index (χ1n) is 10.6. The van der Waals surface area contributed by atoms with Crippen LogP contribution < -0.4 is 0 Å². The van der Waals surface area contributed by atoms with Crippen molar-refractivity contribution in [2.75, 3.05) is 0 Å². The zero-order chi connectivity index (χ0) is 23.1. The van der Waals surface area contributed by atoms with Crippen molar-refractivity contribution in [1.29, 1.82) is 0 Å². The molecule has 0 N–H and O–H groups in total. The maximum absolute atomic E-state index is 13.7. The summed E-state index contributed by atoms with van der Waals surface area (Å²) >= 11 is 2.17. The molecule has 2 aliphatic heterocycles. The fourth-order valence-corrected chi connectivity index (χ4v) is 5.16. The quantitative estimate of drug-likeness (QED) is 0.216. The second-order valence-electron chi connectivity index (χ2n) is 8.01. The molecule has 2 aliphatic rings. The minimum Gasteiger partial charge on any atom is -0.334 e. The van der Waals surface area contributed by atoms with Crippen molar-refractivity contribution in [3.8, 4) is 22.5 Å². The first-order chi connectivity index (χ1) is 15.9. The molecule has 0 saturated heterocycles. The summed E-state index contributed by atoms with van der Waals surface area (Å²) in [5.41, 5.74) is 1.95. The lowest BCUT2D eigenvalue weighted by Crippen LogP contribution is -1.95. The molecule has 0 atom stereocenters. The SMILES string of the molecule is Fc1ccc(-c2cn3c(n2)CCC3)c(F)c1.Fc1ccc(-c2nc3n(c2I)CCC3)c(F)c1. The molecule has 0 amide bonds.